The molecule has 0 aliphatic rings. The Morgan fingerprint density at radius 2 is 1.93 bits per heavy atom. The number of hydrogen-bond donors (Lipinski definition) is 1. The first kappa shape index (κ1) is 20.2. The molecule has 0 unspecified atom stereocenters. The minimum absolute atomic E-state index is 0.130. The number of nitrogens with one attached hydrogen (secondary N) is 1. The van der Waals surface area contributed by atoms with Gasteiger partial charge < -0.3 is 14.8 Å². The Kier molecular flexibility index (Phi) is 6.68. The summed E-state index contributed by atoms with van der Waals surface area (Å²) in [6.07, 6.45) is 5.57. The van der Waals surface area contributed by atoms with Gasteiger partial charge in [0.15, 0.2) is 18.1 Å². The van der Waals surface area contributed by atoms with Crippen LogP contribution in [0, 0.1) is 6.92 Å². The summed E-state index contributed by atoms with van der Waals surface area (Å²) in [5.74, 6) is 1.45. The molecule has 6 nitrogen and oxygen atoms in total. The van der Waals surface area contributed by atoms with Crippen molar-refractivity contribution in [3.05, 3.63) is 77.5 Å². The van der Waals surface area contributed by atoms with Gasteiger partial charge in [-0.05, 0) is 37.1 Å². The molecule has 1 amide bonds. The molecule has 3 rings (SSSR count). The summed E-state index contributed by atoms with van der Waals surface area (Å²) in [5, 5.41) is 7.14. The van der Waals surface area contributed by atoms with Gasteiger partial charge in [-0.25, -0.2) is 4.68 Å². The third kappa shape index (κ3) is 5.48. The van der Waals surface area contributed by atoms with Gasteiger partial charge in [0.05, 0.1) is 19.9 Å². The van der Waals surface area contributed by atoms with Crippen LogP contribution in [0.2, 0.25) is 0 Å². The first-order valence-electron chi connectivity index (χ1n) is 9.40. The van der Waals surface area contributed by atoms with E-state index in [2.05, 4.69) is 34.7 Å². The van der Waals surface area contributed by atoms with Crippen LogP contribution >= 0.6 is 0 Å². The number of allylic oxidation sites excluding steroid dienone is 1. The number of aromatic nitrogens is 2. The zero-order chi connectivity index (χ0) is 20.6. The predicted molar refractivity (Wildman–Crippen MR) is 114 cm³/mol. The Labute approximate surface area is 170 Å². The van der Waals surface area contributed by atoms with Crippen LogP contribution in [0.3, 0.4) is 0 Å². The van der Waals surface area contributed by atoms with Crippen LogP contribution in [0.1, 0.15) is 23.6 Å². The molecule has 0 atom stereocenters. The number of nitrogens with zero attached hydrogens (tertiary/aromatic N) is 2. The molecule has 6 heteroatoms. The molecule has 0 fully saturated rings. The van der Waals surface area contributed by atoms with Crippen LogP contribution in [0.15, 0.2) is 60.8 Å². The Balaban J connectivity index is 1.60. The van der Waals surface area contributed by atoms with Crippen molar-refractivity contribution in [2.75, 3.05) is 19.0 Å². The van der Waals surface area contributed by atoms with Crippen LogP contribution in [0.4, 0.5) is 5.82 Å². The molecule has 1 heterocycles. The maximum Gasteiger partial charge on any atom is 0.263 e. The van der Waals surface area contributed by atoms with Gasteiger partial charge in [-0.15, -0.1) is 0 Å². The van der Waals surface area contributed by atoms with E-state index in [9.17, 15) is 4.79 Å². The maximum atomic E-state index is 12.4. The lowest BCUT2D eigenvalue weighted by molar-refractivity contribution is -0.118. The molecule has 0 saturated carbocycles. The van der Waals surface area contributed by atoms with E-state index in [0.717, 1.165) is 11.1 Å². The van der Waals surface area contributed by atoms with Crippen LogP contribution in [0.5, 0.6) is 11.5 Å². The van der Waals surface area contributed by atoms with Gasteiger partial charge in [0.1, 0.15) is 5.82 Å². The zero-order valence-electron chi connectivity index (χ0n) is 16.9. The summed E-state index contributed by atoms with van der Waals surface area (Å²) in [6.45, 7) is 4.44. The Bertz CT molecular complexity index is 991. The fourth-order valence-electron chi connectivity index (χ4n) is 2.85. The zero-order valence-corrected chi connectivity index (χ0v) is 16.9. The van der Waals surface area contributed by atoms with Crippen molar-refractivity contribution in [3.8, 4) is 11.5 Å². The van der Waals surface area contributed by atoms with E-state index in [1.807, 2.05) is 38.1 Å². The van der Waals surface area contributed by atoms with Gasteiger partial charge in [-0.2, -0.15) is 5.10 Å². The summed E-state index contributed by atoms with van der Waals surface area (Å²) in [7, 11) is 1.57. The smallest absolute Gasteiger partial charge is 0.263 e. The number of carbonyl (C=O) groups excluding carboxylic acids is 1. The summed E-state index contributed by atoms with van der Waals surface area (Å²) in [4.78, 5) is 12.4. The topological polar surface area (TPSA) is 65.4 Å². The highest BCUT2D eigenvalue weighted by atomic mass is 16.5. The van der Waals surface area contributed by atoms with E-state index in [1.165, 1.54) is 5.56 Å². The molecule has 0 radical (unpaired) electrons. The fraction of sp³-hybridized carbons (Fsp3) is 0.217. The molecular weight excluding hydrogens is 366 g/mol. The summed E-state index contributed by atoms with van der Waals surface area (Å²) >= 11 is 0. The second-order valence-electron chi connectivity index (χ2n) is 6.61. The SMILES string of the molecule is C/C=C/c1ccc(OCC(=O)Nc2ccnn2Cc2ccc(C)cc2)c(OC)c1. The van der Waals surface area contributed by atoms with E-state index in [4.69, 9.17) is 9.47 Å². The molecule has 150 valence electrons. The quantitative estimate of drug-likeness (QED) is 0.622. The third-order valence-electron chi connectivity index (χ3n) is 4.34. The van der Waals surface area contributed by atoms with Crippen molar-refractivity contribution < 1.29 is 14.3 Å². The van der Waals surface area contributed by atoms with Crippen LogP contribution in [-0.4, -0.2) is 29.4 Å². The molecule has 0 aliphatic heterocycles. The highest BCUT2D eigenvalue weighted by Crippen LogP contribution is 2.28. The molecular formula is C23H25N3O3. The number of ether oxygens (including phenoxy) is 2. The molecule has 0 bridgehead atoms. The number of rotatable bonds is 8. The highest BCUT2D eigenvalue weighted by molar-refractivity contribution is 5.91. The summed E-state index contributed by atoms with van der Waals surface area (Å²) in [5.41, 5.74) is 3.31. The molecule has 3 aromatic rings. The van der Waals surface area contributed by atoms with Crippen molar-refractivity contribution in [1.29, 1.82) is 0 Å². The second-order valence-corrected chi connectivity index (χ2v) is 6.61. The Hall–Kier alpha value is -3.54. The minimum atomic E-state index is -0.268. The van der Waals surface area contributed by atoms with E-state index >= 15 is 0 Å². The first-order valence-corrected chi connectivity index (χ1v) is 9.40. The van der Waals surface area contributed by atoms with E-state index in [1.54, 1.807) is 30.1 Å². The van der Waals surface area contributed by atoms with Gasteiger partial charge >= 0.3 is 0 Å². The van der Waals surface area contributed by atoms with Gasteiger partial charge in [0, 0.05) is 6.07 Å². The van der Waals surface area contributed by atoms with E-state index in [0.29, 0.717) is 23.9 Å². The predicted octanol–water partition coefficient (Wildman–Crippen LogP) is 4.30. The van der Waals surface area contributed by atoms with Gasteiger partial charge in [0.2, 0.25) is 0 Å². The van der Waals surface area contributed by atoms with Gasteiger partial charge in [-0.1, -0.05) is 48.0 Å². The molecule has 2 aromatic carbocycles. The number of benzene rings is 2. The van der Waals surface area contributed by atoms with Gasteiger partial charge in [0.25, 0.3) is 5.91 Å². The molecule has 0 aliphatic carbocycles. The molecule has 1 aromatic heterocycles. The minimum Gasteiger partial charge on any atom is -0.493 e. The highest BCUT2D eigenvalue weighted by Gasteiger charge is 2.11. The summed E-state index contributed by atoms with van der Waals surface area (Å²) < 4.78 is 12.8. The molecule has 29 heavy (non-hydrogen) atoms. The van der Waals surface area contributed by atoms with E-state index < -0.39 is 0 Å². The standard InChI is InChI=1S/C23H25N3O3/c1-4-5-18-10-11-20(21(14-18)28-3)29-16-23(27)25-22-12-13-24-26(22)15-19-8-6-17(2)7-9-19/h4-14H,15-16H2,1-3H3,(H,25,27)/b5-4+. The molecule has 0 saturated heterocycles. The lowest BCUT2D eigenvalue weighted by Crippen LogP contribution is -2.22. The normalized spacial score (nSPS) is 10.9. The van der Waals surface area contributed by atoms with Crippen molar-refractivity contribution in [2.45, 2.75) is 20.4 Å². The van der Waals surface area contributed by atoms with Crippen LogP contribution in [-0.2, 0) is 11.3 Å². The number of anilines is 1. The van der Waals surface area contributed by atoms with Crippen molar-refractivity contribution in [3.63, 3.8) is 0 Å². The molecule has 1 N–H and O–H groups in total. The lowest BCUT2D eigenvalue weighted by atomic mass is 10.1. The maximum absolute atomic E-state index is 12.4. The van der Waals surface area contributed by atoms with Crippen molar-refractivity contribution >= 4 is 17.8 Å². The third-order valence-corrected chi connectivity index (χ3v) is 4.34. The van der Waals surface area contributed by atoms with Crippen LogP contribution in [0.25, 0.3) is 6.08 Å². The van der Waals surface area contributed by atoms with Crippen LogP contribution < -0.4 is 14.8 Å². The van der Waals surface area contributed by atoms with Crippen molar-refractivity contribution in [2.24, 2.45) is 0 Å². The lowest BCUT2D eigenvalue weighted by Gasteiger charge is -2.12. The first-order chi connectivity index (χ1) is 14.1. The Morgan fingerprint density at radius 3 is 2.66 bits per heavy atom. The monoisotopic (exact) mass is 391 g/mol. The van der Waals surface area contributed by atoms with Gasteiger partial charge in [-0.3, -0.25) is 4.79 Å². The number of aryl methyl sites for hydroxylation is 1. The average molecular weight is 391 g/mol. The Morgan fingerprint density at radius 1 is 1.14 bits per heavy atom. The largest absolute Gasteiger partial charge is 0.493 e. The fourth-order valence-corrected chi connectivity index (χ4v) is 2.85. The number of amides is 1. The molecule has 0 spiro atoms. The second kappa shape index (κ2) is 9.59. The van der Waals surface area contributed by atoms with Crippen molar-refractivity contribution in [1.82, 2.24) is 9.78 Å². The summed E-state index contributed by atoms with van der Waals surface area (Å²) in [6, 6.07) is 15.5. The number of hydrogen-bond acceptors (Lipinski definition) is 4. The number of carbonyl (C=O) groups is 1. The number of methoxy groups -OCH3 is 1. The van der Waals surface area contributed by atoms with E-state index in [-0.39, 0.29) is 12.5 Å². The average Bonchev–Trinajstić information content (AvgIpc) is 3.15.